The van der Waals surface area contributed by atoms with Crippen LogP contribution in [-0.4, -0.2) is 15.9 Å². The van der Waals surface area contributed by atoms with Gasteiger partial charge in [0.15, 0.2) is 5.65 Å². The van der Waals surface area contributed by atoms with Crippen molar-refractivity contribution in [2.24, 2.45) is 5.92 Å². The van der Waals surface area contributed by atoms with Crippen LogP contribution in [0, 0.1) is 5.92 Å². The summed E-state index contributed by atoms with van der Waals surface area (Å²) in [5.41, 5.74) is 3.16. The molecule has 5 heteroatoms. The number of pyridine rings is 2. The van der Waals surface area contributed by atoms with Gasteiger partial charge in [-0.05, 0) is 29.6 Å². The molecule has 0 atom stereocenters. The summed E-state index contributed by atoms with van der Waals surface area (Å²) in [6, 6.07) is 7.73. The molecule has 0 aliphatic carbocycles. The van der Waals surface area contributed by atoms with E-state index in [1.807, 2.05) is 48.9 Å². The highest BCUT2D eigenvalue weighted by Gasteiger charge is 2.14. The Kier molecular flexibility index (Phi) is 3.66. The Morgan fingerprint density at radius 3 is 2.90 bits per heavy atom. The average Bonchev–Trinajstić information content (AvgIpc) is 3.00. The normalized spacial score (nSPS) is 11.0. The van der Waals surface area contributed by atoms with Crippen LogP contribution in [0.3, 0.4) is 0 Å². The average molecular weight is 297 g/mol. The molecule has 0 aliphatic rings. The van der Waals surface area contributed by atoms with Crippen LogP contribution >= 0.6 is 11.3 Å². The van der Waals surface area contributed by atoms with Crippen molar-refractivity contribution in [2.45, 2.75) is 13.8 Å². The van der Waals surface area contributed by atoms with Gasteiger partial charge in [0.05, 0.1) is 11.4 Å². The largest absolute Gasteiger partial charge is 0.324 e. The van der Waals surface area contributed by atoms with E-state index < -0.39 is 0 Å². The first-order valence-electron chi connectivity index (χ1n) is 6.74. The highest BCUT2D eigenvalue weighted by molar-refractivity contribution is 7.08. The lowest BCUT2D eigenvalue weighted by molar-refractivity contribution is -0.118. The summed E-state index contributed by atoms with van der Waals surface area (Å²) < 4.78 is 0. The van der Waals surface area contributed by atoms with Crippen molar-refractivity contribution in [1.29, 1.82) is 0 Å². The number of thiophene rings is 1. The van der Waals surface area contributed by atoms with Gasteiger partial charge < -0.3 is 5.32 Å². The zero-order valence-corrected chi connectivity index (χ0v) is 12.6. The summed E-state index contributed by atoms with van der Waals surface area (Å²) in [6.07, 6.45) is 1.72. The molecule has 0 saturated carbocycles. The predicted octanol–water partition coefficient (Wildman–Crippen LogP) is 3.95. The molecule has 3 aromatic heterocycles. The van der Waals surface area contributed by atoms with Crippen LogP contribution in [0.15, 0.2) is 41.2 Å². The van der Waals surface area contributed by atoms with Crippen molar-refractivity contribution in [2.75, 3.05) is 5.32 Å². The Morgan fingerprint density at radius 2 is 2.19 bits per heavy atom. The standard InChI is InChI=1S/C16H15N3OS/c1-10(2)16(20)18-13-8-11-4-3-6-17-15(11)19-14(13)12-5-7-21-9-12/h3-10H,1-2H3,(H,18,20). The van der Waals surface area contributed by atoms with Crippen molar-refractivity contribution in [3.05, 3.63) is 41.2 Å². The maximum atomic E-state index is 12.0. The lowest BCUT2D eigenvalue weighted by Crippen LogP contribution is -2.18. The second-order valence-electron chi connectivity index (χ2n) is 5.09. The second kappa shape index (κ2) is 5.61. The van der Waals surface area contributed by atoms with Gasteiger partial charge in [-0.15, -0.1) is 0 Å². The maximum Gasteiger partial charge on any atom is 0.226 e. The molecule has 0 radical (unpaired) electrons. The summed E-state index contributed by atoms with van der Waals surface area (Å²) in [6.45, 7) is 3.74. The lowest BCUT2D eigenvalue weighted by Gasteiger charge is -2.12. The number of nitrogens with one attached hydrogen (secondary N) is 1. The molecular formula is C16H15N3OS. The summed E-state index contributed by atoms with van der Waals surface area (Å²) in [7, 11) is 0. The van der Waals surface area contributed by atoms with Crippen molar-refractivity contribution < 1.29 is 4.79 Å². The number of rotatable bonds is 3. The molecule has 0 bridgehead atoms. The molecule has 0 spiro atoms. The first kappa shape index (κ1) is 13.7. The van der Waals surface area contributed by atoms with Crippen molar-refractivity contribution >= 4 is 34.0 Å². The highest BCUT2D eigenvalue weighted by atomic mass is 32.1. The van der Waals surface area contributed by atoms with Gasteiger partial charge in [0.2, 0.25) is 5.91 Å². The van der Waals surface area contributed by atoms with Gasteiger partial charge in [0.25, 0.3) is 0 Å². The zero-order chi connectivity index (χ0) is 14.8. The van der Waals surface area contributed by atoms with E-state index in [2.05, 4.69) is 15.3 Å². The Balaban J connectivity index is 2.15. The molecule has 3 rings (SSSR count). The SMILES string of the molecule is CC(C)C(=O)Nc1cc2cccnc2nc1-c1ccsc1. The van der Waals surface area contributed by atoms with Crippen LogP contribution in [0.4, 0.5) is 5.69 Å². The Hall–Kier alpha value is -2.27. The third-order valence-corrected chi connectivity index (χ3v) is 3.85. The second-order valence-corrected chi connectivity index (χ2v) is 5.87. The van der Waals surface area contributed by atoms with Gasteiger partial charge in [-0.1, -0.05) is 13.8 Å². The van der Waals surface area contributed by atoms with Gasteiger partial charge >= 0.3 is 0 Å². The number of fused-ring (bicyclic) bond motifs is 1. The number of hydrogen-bond acceptors (Lipinski definition) is 4. The molecule has 3 heterocycles. The summed E-state index contributed by atoms with van der Waals surface area (Å²) in [5.74, 6) is -0.0959. The van der Waals surface area contributed by atoms with Crippen LogP contribution in [-0.2, 0) is 4.79 Å². The van der Waals surface area contributed by atoms with Gasteiger partial charge in [-0.3, -0.25) is 4.79 Å². The fourth-order valence-corrected chi connectivity index (χ4v) is 2.64. The van der Waals surface area contributed by atoms with Crippen LogP contribution in [0.25, 0.3) is 22.3 Å². The molecule has 3 aromatic rings. The molecule has 21 heavy (non-hydrogen) atoms. The van der Waals surface area contributed by atoms with Gasteiger partial charge in [-0.2, -0.15) is 11.3 Å². The van der Waals surface area contributed by atoms with Gasteiger partial charge in [0, 0.05) is 28.4 Å². The summed E-state index contributed by atoms with van der Waals surface area (Å²) in [4.78, 5) is 20.9. The van der Waals surface area contributed by atoms with Crippen molar-refractivity contribution in [1.82, 2.24) is 9.97 Å². The Labute approximate surface area is 126 Å². The maximum absolute atomic E-state index is 12.0. The smallest absolute Gasteiger partial charge is 0.226 e. The monoisotopic (exact) mass is 297 g/mol. The molecule has 0 fully saturated rings. The van der Waals surface area contributed by atoms with E-state index in [4.69, 9.17) is 0 Å². The minimum absolute atomic E-state index is 0.0171. The number of carbonyl (C=O) groups excluding carboxylic acids is 1. The minimum atomic E-state index is -0.0788. The number of aromatic nitrogens is 2. The number of carbonyl (C=O) groups is 1. The number of nitrogens with zero attached hydrogens (tertiary/aromatic N) is 2. The molecule has 1 N–H and O–H groups in total. The van der Waals surface area contributed by atoms with E-state index in [9.17, 15) is 4.79 Å². The van der Waals surface area contributed by atoms with E-state index in [-0.39, 0.29) is 11.8 Å². The van der Waals surface area contributed by atoms with Gasteiger partial charge in [0.1, 0.15) is 0 Å². The number of anilines is 1. The minimum Gasteiger partial charge on any atom is -0.324 e. The first-order chi connectivity index (χ1) is 10.1. The molecule has 0 aromatic carbocycles. The van der Waals surface area contributed by atoms with Crippen molar-refractivity contribution in [3.63, 3.8) is 0 Å². The third-order valence-electron chi connectivity index (χ3n) is 3.17. The molecule has 0 unspecified atom stereocenters. The van der Waals surface area contributed by atoms with Crippen molar-refractivity contribution in [3.8, 4) is 11.3 Å². The van der Waals surface area contributed by atoms with Crippen LogP contribution in [0.2, 0.25) is 0 Å². The highest BCUT2D eigenvalue weighted by Crippen LogP contribution is 2.30. The Bertz CT molecular complexity index is 781. The van der Waals surface area contributed by atoms with Crippen LogP contribution < -0.4 is 5.32 Å². The fourth-order valence-electron chi connectivity index (χ4n) is 2.00. The quantitative estimate of drug-likeness (QED) is 0.796. The molecule has 0 aliphatic heterocycles. The van der Waals surface area contributed by atoms with E-state index >= 15 is 0 Å². The fraction of sp³-hybridized carbons (Fsp3) is 0.188. The van der Waals surface area contributed by atoms with Crippen LogP contribution in [0.5, 0.6) is 0 Å². The molecular weight excluding hydrogens is 282 g/mol. The zero-order valence-electron chi connectivity index (χ0n) is 11.8. The lowest BCUT2D eigenvalue weighted by atomic mass is 10.1. The van der Waals surface area contributed by atoms with E-state index in [0.29, 0.717) is 5.65 Å². The van der Waals surface area contributed by atoms with E-state index in [0.717, 1.165) is 22.3 Å². The third kappa shape index (κ3) is 2.78. The van der Waals surface area contributed by atoms with E-state index in [1.54, 1.807) is 17.5 Å². The summed E-state index contributed by atoms with van der Waals surface area (Å²) >= 11 is 1.60. The molecule has 106 valence electrons. The molecule has 1 amide bonds. The van der Waals surface area contributed by atoms with E-state index in [1.165, 1.54) is 0 Å². The van der Waals surface area contributed by atoms with Gasteiger partial charge in [-0.25, -0.2) is 9.97 Å². The first-order valence-corrected chi connectivity index (χ1v) is 7.68. The Morgan fingerprint density at radius 1 is 1.33 bits per heavy atom. The number of hydrogen-bond donors (Lipinski definition) is 1. The summed E-state index contributed by atoms with van der Waals surface area (Å²) in [5, 5.41) is 7.89. The topological polar surface area (TPSA) is 54.9 Å². The predicted molar refractivity (Wildman–Crippen MR) is 86.3 cm³/mol. The molecule has 4 nitrogen and oxygen atoms in total. The number of amides is 1. The van der Waals surface area contributed by atoms with Crippen LogP contribution in [0.1, 0.15) is 13.8 Å². The molecule has 0 saturated heterocycles.